The molecule has 7 nitrogen and oxygen atoms in total. The molecule has 132 valence electrons. The van der Waals surface area contributed by atoms with Crippen LogP contribution >= 0.6 is 23.4 Å². The summed E-state index contributed by atoms with van der Waals surface area (Å²) in [7, 11) is 3.50. The number of hydrogen-bond donors (Lipinski definition) is 0. The van der Waals surface area contributed by atoms with E-state index in [0.29, 0.717) is 34.7 Å². The lowest BCUT2D eigenvalue weighted by atomic mass is 10.3. The predicted molar refractivity (Wildman–Crippen MR) is 95.4 cm³/mol. The van der Waals surface area contributed by atoms with Crippen molar-refractivity contribution in [2.45, 2.75) is 18.2 Å². The smallest absolute Gasteiger partial charge is 0.232 e. The third-order valence-corrected chi connectivity index (χ3v) is 4.75. The highest BCUT2D eigenvalue weighted by atomic mass is 35.5. The number of amides is 1. The predicted octanol–water partition coefficient (Wildman–Crippen LogP) is 2.51. The molecule has 0 aliphatic heterocycles. The SMILES string of the molecule is CN(CCC#N)C(=O)CSc1nnc(COc2ccccc2Cl)n1C. The van der Waals surface area contributed by atoms with Gasteiger partial charge in [0.05, 0.1) is 23.3 Å². The summed E-state index contributed by atoms with van der Waals surface area (Å²) in [6.07, 6.45) is 0.320. The maximum Gasteiger partial charge on any atom is 0.232 e. The third-order valence-electron chi connectivity index (χ3n) is 3.43. The normalized spacial score (nSPS) is 10.3. The molecule has 1 aromatic heterocycles. The van der Waals surface area contributed by atoms with Gasteiger partial charge in [-0.05, 0) is 12.1 Å². The minimum Gasteiger partial charge on any atom is -0.484 e. The van der Waals surface area contributed by atoms with Crippen LogP contribution in [-0.4, -0.2) is 44.9 Å². The van der Waals surface area contributed by atoms with Gasteiger partial charge in [-0.15, -0.1) is 10.2 Å². The number of benzene rings is 1. The highest BCUT2D eigenvalue weighted by Crippen LogP contribution is 2.24. The number of aromatic nitrogens is 3. The molecule has 0 bridgehead atoms. The molecule has 0 radical (unpaired) electrons. The van der Waals surface area contributed by atoms with Gasteiger partial charge in [0.15, 0.2) is 11.0 Å². The first-order valence-corrected chi connectivity index (χ1v) is 8.88. The Bertz CT molecular complexity index is 774. The number of carbonyl (C=O) groups is 1. The number of ether oxygens (including phenoxy) is 1. The Labute approximate surface area is 155 Å². The summed E-state index contributed by atoms with van der Waals surface area (Å²) in [5.41, 5.74) is 0. The zero-order valence-electron chi connectivity index (χ0n) is 14.0. The second-order valence-electron chi connectivity index (χ2n) is 5.19. The molecule has 0 fully saturated rings. The summed E-state index contributed by atoms with van der Waals surface area (Å²) in [6.45, 7) is 0.648. The summed E-state index contributed by atoms with van der Waals surface area (Å²) < 4.78 is 7.44. The zero-order chi connectivity index (χ0) is 18.2. The average molecular weight is 380 g/mol. The van der Waals surface area contributed by atoms with Crippen LogP contribution in [0.1, 0.15) is 12.2 Å². The van der Waals surface area contributed by atoms with Gasteiger partial charge in [0.2, 0.25) is 5.91 Å². The Balaban J connectivity index is 1.89. The first kappa shape index (κ1) is 19.1. The molecule has 0 N–H and O–H groups in total. The molecule has 0 aliphatic rings. The van der Waals surface area contributed by atoms with E-state index in [0.717, 1.165) is 0 Å². The fourth-order valence-corrected chi connectivity index (χ4v) is 2.94. The quantitative estimate of drug-likeness (QED) is 0.655. The van der Waals surface area contributed by atoms with Gasteiger partial charge >= 0.3 is 0 Å². The lowest BCUT2D eigenvalue weighted by molar-refractivity contribution is -0.127. The lowest BCUT2D eigenvalue weighted by Gasteiger charge is -2.14. The molecule has 0 aliphatic carbocycles. The highest BCUT2D eigenvalue weighted by Gasteiger charge is 2.14. The number of hydrogen-bond acceptors (Lipinski definition) is 6. The van der Waals surface area contributed by atoms with E-state index in [2.05, 4.69) is 10.2 Å². The Morgan fingerprint density at radius 1 is 1.44 bits per heavy atom. The zero-order valence-corrected chi connectivity index (χ0v) is 15.5. The fraction of sp³-hybridized carbons (Fsp3) is 0.375. The van der Waals surface area contributed by atoms with Crippen molar-refractivity contribution in [2.24, 2.45) is 7.05 Å². The van der Waals surface area contributed by atoms with Crippen LogP contribution in [0, 0.1) is 11.3 Å². The van der Waals surface area contributed by atoms with Crippen molar-refractivity contribution in [1.29, 1.82) is 5.26 Å². The van der Waals surface area contributed by atoms with Crippen molar-refractivity contribution in [1.82, 2.24) is 19.7 Å². The van der Waals surface area contributed by atoms with Gasteiger partial charge in [0.25, 0.3) is 0 Å². The third kappa shape index (κ3) is 5.37. The number of rotatable bonds is 8. The minimum absolute atomic E-state index is 0.0582. The van der Waals surface area contributed by atoms with E-state index < -0.39 is 0 Å². The fourth-order valence-electron chi connectivity index (χ4n) is 1.88. The van der Waals surface area contributed by atoms with Crippen molar-refractivity contribution in [3.63, 3.8) is 0 Å². The second kappa shape index (κ2) is 9.30. The number of halogens is 1. The van der Waals surface area contributed by atoms with Gasteiger partial charge in [-0.25, -0.2) is 0 Å². The number of thioether (sulfide) groups is 1. The maximum atomic E-state index is 12.0. The average Bonchev–Trinajstić information content (AvgIpc) is 2.96. The van der Waals surface area contributed by atoms with Crippen molar-refractivity contribution in [3.8, 4) is 11.8 Å². The van der Waals surface area contributed by atoms with Crippen molar-refractivity contribution >= 4 is 29.3 Å². The summed E-state index contributed by atoms with van der Waals surface area (Å²) in [5, 5.41) is 17.9. The van der Waals surface area contributed by atoms with Gasteiger partial charge in [-0.3, -0.25) is 4.79 Å². The van der Waals surface area contributed by atoms with E-state index >= 15 is 0 Å². The molecule has 0 atom stereocenters. The lowest BCUT2D eigenvalue weighted by Crippen LogP contribution is -2.29. The van der Waals surface area contributed by atoms with Gasteiger partial charge < -0.3 is 14.2 Å². The molecule has 9 heteroatoms. The molecule has 0 saturated heterocycles. The van der Waals surface area contributed by atoms with Crippen LogP contribution in [-0.2, 0) is 18.4 Å². The van der Waals surface area contributed by atoms with Crippen LogP contribution in [0.5, 0.6) is 5.75 Å². The molecule has 1 aromatic carbocycles. The van der Waals surface area contributed by atoms with Crippen molar-refractivity contribution in [2.75, 3.05) is 19.3 Å². The first-order chi connectivity index (χ1) is 12.0. The highest BCUT2D eigenvalue weighted by molar-refractivity contribution is 7.99. The van der Waals surface area contributed by atoms with E-state index in [4.69, 9.17) is 21.6 Å². The van der Waals surface area contributed by atoms with Crippen LogP contribution in [0.2, 0.25) is 5.02 Å². The van der Waals surface area contributed by atoms with Gasteiger partial charge in [0.1, 0.15) is 12.4 Å². The van der Waals surface area contributed by atoms with Crippen LogP contribution in [0.4, 0.5) is 0 Å². The molecular weight excluding hydrogens is 362 g/mol. The second-order valence-corrected chi connectivity index (χ2v) is 6.54. The molecular formula is C16H18ClN5O2S. The molecule has 1 heterocycles. The van der Waals surface area contributed by atoms with Gasteiger partial charge in [0, 0.05) is 20.6 Å². The number of nitrogens with zero attached hydrogens (tertiary/aromatic N) is 5. The van der Waals surface area contributed by atoms with Crippen LogP contribution in [0.3, 0.4) is 0 Å². The van der Waals surface area contributed by atoms with Gasteiger partial charge in [-0.2, -0.15) is 5.26 Å². The summed E-state index contributed by atoms with van der Waals surface area (Å²) in [5.74, 6) is 1.39. The molecule has 0 unspecified atom stereocenters. The molecule has 0 saturated carbocycles. The minimum atomic E-state index is -0.0582. The molecule has 25 heavy (non-hydrogen) atoms. The van der Waals surface area contributed by atoms with E-state index in [1.54, 1.807) is 23.7 Å². The van der Waals surface area contributed by atoms with Crippen LogP contribution < -0.4 is 4.74 Å². The first-order valence-electron chi connectivity index (χ1n) is 7.52. The standard InChI is InChI=1S/C16H18ClN5O2S/c1-21(9-5-8-18)15(23)11-25-16-20-19-14(22(16)2)10-24-13-7-4-3-6-12(13)17/h3-4,6-7H,5,9-11H2,1-2H3. The Kier molecular flexibility index (Phi) is 7.10. The van der Waals surface area contributed by atoms with E-state index in [1.165, 1.54) is 16.7 Å². The van der Waals surface area contributed by atoms with E-state index in [9.17, 15) is 4.79 Å². The van der Waals surface area contributed by atoms with Crippen molar-refractivity contribution < 1.29 is 9.53 Å². The van der Waals surface area contributed by atoms with Crippen molar-refractivity contribution in [3.05, 3.63) is 35.1 Å². The van der Waals surface area contributed by atoms with Crippen LogP contribution in [0.25, 0.3) is 0 Å². The van der Waals surface area contributed by atoms with Crippen LogP contribution in [0.15, 0.2) is 29.4 Å². The largest absolute Gasteiger partial charge is 0.484 e. The van der Waals surface area contributed by atoms with E-state index in [1.807, 2.05) is 25.2 Å². The molecule has 2 aromatic rings. The van der Waals surface area contributed by atoms with E-state index in [-0.39, 0.29) is 18.3 Å². The monoisotopic (exact) mass is 379 g/mol. The number of para-hydroxylation sites is 1. The summed E-state index contributed by atoms with van der Waals surface area (Å²) in [4.78, 5) is 13.5. The Morgan fingerprint density at radius 3 is 2.92 bits per heavy atom. The summed E-state index contributed by atoms with van der Waals surface area (Å²) in [6, 6.07) is 9.23. The number of nitriles is 1. The molecule has 1 amide bonds. The topological polar surface area (TPSA) is 84.0 Å². The Hall–Kier alpha value is -2.24. The van der Waals surface area contributed by atoms with Gasteiger partial charge in [-0.1, -0.05) is 35.5 Å². The number of carbonyl (C=O) groups excluding carboxylic acids is 1. The molecule has 2 rings (SSSR count). The summed E-state index contributed by atoms with van der Waals surface area (Å²) >= 11 is 7.35. The Morgan fingerprint density at radius 2 is 2.20 bits per heavy atom. The molecule has 0 spiro atoms. The maximum absolute atomic E-state index is 12.0.